The quantitative estimate of drug-likeness (QED) is 0.866. The third kappa shape index (κ3) is 2.82. The lowest BCUT2D eigenvalue weighted by atomic mass is 9.88. The van der Waals surface area contributed by atoms with Crippen molar-refractivity contribution in [2.24, 2.45) is 0 Å². The lowest BCUT2D eigenvalue weighted by molar-refractivity contribution is -0.120. The van der Waals surface area contributed by atoms with Crippen molar-refractivity contribution in [3.8, 4) is 17.1 Å². The maximum absolute atomic E-state index is 11.3. The first-order valence-electron chi connectivity index (χ1n) is 7.17. The molecule has 1 aliphatic rings. The molecule has 0 aliphatic heterocycles. The third-order valence-corrected chi connectivity index (χ3v) is 3.99. The zero-order chi connectivity index (χ0) is 14.8. The van der Waals surface area contributed by atoms with Gasteiger partial charge in [0.2, 0.25) is 11.7 Å². The summed E-state index contributed by atoms with van der Waals surface area (Å²) >= 11 is 0. The number of Topliss-reactive ketones (excluding diaryl/α,β-unsaturated/α-hetero) is 1. The number of aromatic nitrogens is 2. The Kier molecular flexibility index (Phi) is 3.73. The van der Waals surface area contributed by atoms with Crippen LogP contribution in [0.2, 0.25) is 0 Å². The number of methoxy groups -OCH3 is 1. The van der Waals surface area contributed by atoms with Crippen LogP contribution in [-0.2, 0) is 4.79 Å². The number of benzene rings is 1. The number of ketones is 1. The van der Waals surface area contributed by atoms with Gasteiger partial charge < -0.3 is 9.26 Å². The van der Waals surface area contributed by atoms with Crippen molar-refractivity contribution in [2.75, 3.05) is 7.11 Å². The van der Waals surface area contributed by atoms with Crippen LogP contribution in [0.15, 0.2) is 22.7 Å². The molecule has 1 aliphatic carbocycles. The Labute approximate surface area is 123 Å². The molecular formula is C16H18N2O3. The first-order chi connectivity index (χ1) is 10.2. The molecule has 0 unspecified atom stereocenters. The highest BCUT2D eigenvalue weighted by Gasteiger charge is 2.25. The molecule has 0 atom stereocenters. The number of rotatable bonds is 3. The molecule has 0 saturated heterocycles. The Morgan fingerprint density at radius 2 is 2.05 bits per heavy atom. The molecule has 1 heterocycles. The van der Waals surface area contributed by atoms with E-state index in [-0.39, 0.29) is 5.92 Å². The van der Waals surface area contributed by atoms with Crippen LogP contribution in [0, 0.1) is 6.92 Å². The van der Waals surface area contributed by atoms with E-state index in [1.807, 2.05) is 25.1 Å². The van der Waals surface area contributed by atoms with Crippen LogP contribution in [-0.4, -0.2) is 23.0 Å². The van der Waals surface area contributed by atoms with E-state index < -0.39 is 0 Å². The van der Waals surface area contributed by atoms with Crippen molar-refractivity contribution in [3.05, 3.63) is 29.7 Å². The largest absolute Gasteiger partial charge is 0.496 e. The highest BCUT2D eigenvalue weighted by molar-refractivity contribution is 5.79. The van der Waals surface area contributed by atoms with Gasteiger partial charge >= 0.3 is 0 Å². The Morgan fingerprint density at radius 1 is 1.29 bits per heavy atom. The first kappa shape index (κ1) is 13.8. The van der Waals surface area contributed by atoms with Gasteiger partial charge in [-0.2, -0.15) is 4.98 Å². The molecule has 5 heteroatoms. The third-order valence-electron chi connectivity index (χ3n) is 3.99. The van der Waals surface area contributed by atoms with E-state index >= 15 is 0 Å². The van der Waals surface area contributed by atoms with E-state index in [1.54, 1.807) is 7.11 Å². The summed E-state index contributed by atoms with van der Waals surface area (Å²) in [6.07, 6.45) is 2.85. The number of aryl methyl sites for hydroxylation is 1. The monoisotopic (exact) mass is 286 g/mol. The molecule has 1 aromatic heterocycles. The SMILES string of the molecule is COc1ccc(-c2noc(C3CCC(=O)CC3)n2)cc1C. The minimum Gasteiger partial charge on any atom is -0.496 e. The molecule has 0 bridgehead atoms. The zero-order valence-corrected chi connectivity index (χ0v) is 12.3. The molecule has 1 saturated carbocycles. The predicted molar refractivity (Wildman–Crippen MR) is 77.2 cm³/mol. The van der Waals surface area contributed by atoms with Gasteiger partial charge in [-0.05, 0) is 43.5 Å². The van der Waals surface area contributed by atoms with Gasteiger partial charge in [-0.1, -0.05) is 5.16 Å². The molecule has 1 fully saturated rings. The van der Waals surface area contributed by atoms with Crippen LogP contribution >= 0.6 is 0 Å². The number of carbonyl (C=O) groups is 1. The fourth-order valence-corrected chi connectivity index (χ4v) is 2.72. The average molecular weight is 286 g/mol. The molecule has 110 valence electrons. The maximum Gasteiger partial charge on any atom is 0.230 e. The second-order valence-corrected chi connectivity index (χ2v) is 5.45. The van der Waals surface area contributed by atoms with Crippen molar-refractivity contribution in [2.45, 2.75) is 38.5 Å². The summed E-state index contributed by atoms with van der Waals surface area (Å²) in [5.74, 6) is 2.62. The van der Waals surface area contributed by atoms with Crippen LogP contribution in [0.1, 0.15) is 43.1 Å². The summed E-state index contributed by atoms with van der Waals surface area (Å²) in [5.41, 5.74) is 1.94. The number of hydrogen-bond acceptors (Lipinski definition) is 5. The average Bonchev–Trinajstić information content (AvgIpc) is 2.98. The summed E-state index contributed by atoms with van der Waals surface area (Å²) < 4.78 is 10.6. The normalized spacial score (nSPS) is 16.2. The van der Waals surface area contributed by atoms with Crippen molar-refractivity contribution in [1.29, 1.82) is 0 Å². The van der Waals surface area contributed by atoms with Crippen LogP contribution in [0.25, 0.3) is 11.4 Å². The minimum absolute atomic E-state index is 0.211. The summed E-state index contributed by atoms with van der Waals surface area (Å²) in [6.45, 7) is 1.98. The predicted octanol–water partition coefficient (Wildman–Crippen LogP) is 3.28. The topological polar surface area (TPSA) is 65.2 Å². The van der Waals surface area contributed by atoms with Crippen LogP contribution in [0.4, 0.5) is 0 Å². The Balaban J connectivity index is 1.81. The smallest absolute Gasteiger partial charge is 0.230 e. The van der Waals surface area contributed by atoms with Gasteiger partial charge in [0, 0.05) is 24.3 Å². The highest BCUT2D eigenvalue weighted by Crippen LogP contribution is 2.32. The van der Waals surface area contributed by atoms with Gasteiger partial charge in [0.05, 0.1) is 7.11 Å². The molecule has 0 amide bonds. The highest BCUT2D eigenvalue weighted by atomic mass is 16.5. The van der Waals surface area contributed by atoms with Gasteiger partial charge in [-0.25, -0.2) is 0 Å². The second-order valence-electron chi connectivity index (χ2n) is 5.45. The summed E-state index contributed by atoms with van der Waals surface area (Å²) in [6, 6.07) is 5.81. The molecule has 1 aromatic carbocycles. The number of ether oxygens (including phenoxy) is 1. The molecule has 2 aromatic rings. The van der Waals surface area contributed by atoms with Crippen molar-refractivity contribution >= 4 is 5.78 Å². The van der Waals surface area contributed by atoms with E-state index in [4.69, 9.17) is 9.26 Å². The molecule has 0 spiro atoms. The first-order valence-corrected chi connectivity index (χ1v) is 7.17. The van der Waals surface area contributed by atoms with Gasteiger partial charge in [0.25, 0.3) is 0 Å². The molecule has 0 N–H and O–H groups in total. The van der Waals surface area contributed by atoms with E-state index in [0.29, 0.717) is 30.3 Å². The van der Waals surface area contributed by atoms with E-state index in [2.05, 4.69) is 10.1 Å². The minimum atomic E-state index is 0.211. The van der Waals surface area contributed by atoms with Gasteiger partial charge in [0.15, 0.2) is 0 Å². The van der Waals surface area contributed by atoms with Crippen LogP contribution in [0.3, 0.4) is 0 Å². The summed E-state index contributed by atoms with van der Waals surface area (Å²) in [7, 11) is 1.65. The maximum atomic E-state index is 11.3. The van der Waals surface area contributed by atoms with Crippen LogP contribution < -0.4 is 4.74 Å². The fourth-order valence-electron chi connectivity index (χ4n) is 2.72. The Bertz CT molecular complexity index is 653. The molecular weight excluding hydrogens is 268 g/mol. The van der Waals surface area contributed by atoms with Gasteiger partial charge in [0.1, 0.15) is 11.5 Å². The van der Waals surface area contributed by atoms with Crippen molar-refractivity contribution in [1.82, 2.24) is 10.1 Å². The van der Waals surface area contributed by atoms with Crippen LogP contribution in [0.5, 0.6) is 5.75 Å². The van der Waals surface area contributed by atoms with E-state index in [0.717, 1.165) is 29.7 Å². The molecule has 0 radical (unpaired) electrons. The fraction of sp³-hybridized carbons (Fsp3) is 0.438. The molecule has 5 nitrogen and oxygen atoms in total. The van der Waals surface area contributed by atoms with E-state index in [9.17, 15) is 4.79 Å². The lowest BCUT2D eigenvalue weighted by Gasteiger charge is -2.16. The standard InChI is InChI=1S/C16H18N2O3/c1-10-9-12(5-8-14(10)20-2)15-17-16(21-18-15)11-3-6-13(19)7-4-11/h5,8-9,11H,3-4,6-7H2,1-2H3. The number of hydrogen-bond donors (Lipinski definition) is 0. The second kappa shape index (κ2) is 5.68. The van der Waals surface area contributed by atoms with Gasteiger partial charge in [-0.3, -0.25) is 4.79 Å². The molecule has 3 rings (SSSR count). The van der Waals surface area contributed by atoms with Crippen molar-refractivity contribution < 1.29 is 14.1 Å². The lowest BCUT2D eigenvalue weighted by Crippen LogP contribution is -2.12. The van der Waals surface area contributed by atoms with E-state index in [1.165, 1.54) is 0 Å². The summed E-state index contributed by atoms with van der Waals surface area (Å²) in [5, 5.41) is 4.07. The van der Waals surface area contributed by atoms with Gasteiger partial charge in [-0.15, -0.1) is 0 Å². The summed E-state index contributed by atoms with van der Waals surface area (Å²) in [4.78, 5) is 15.8. The number of nitrogens with zero attached hydrogens (tertiary/aromatic N) is 2. The van der Waals surface area contributed by atoms with Crippen molar-refractivity contribution in [3.63, 3.8) is 0 Å². The Hall–Kier alpha value is -2.17. The number of carbonyl (C=O) groups excluding carboxylic acids is 1. The Morgan fingerprint density at radius 3 is 2.71 bits per heavy atom. The zero-order valence-electron chi connectivity index (χ0n) is 12.3. The molecule has 21 heavy (non-hydrogen) atoms.